The van der Waals surface area contributed by atoms with Crippen LogP contribution >= 0.6 is 0 Å². The first-order chi connectivity index (χ1) is 5.90. The van der Waals surface area contributed by atoms with E-state index in [0.29, 0.717) is 5.60 Å². The molecule has 1 heteroatoms. The van der Waals surface area contributed by atoms with Crippen molar-refractivity contribution in [3.8, 4) is 0 Å². The molecule has 0 radical (unpaired) electrons. The fourth-order valence-corrected chi connectivity index (χ4v) is 6.23. The summed E-state index contributed by atoms with van der Waals surface area (Å²) in [6, 6.07) is 0. The molecule has 6 rings (SSSR count). The average Bonchev–Trinajstić information content (AvgIpc) is 2.31. The maximum absolute atomic E-state index is 6.06. The van der Waals surface area contributed by atoms with E-state index in [4.69, 9.17) is 4.74 Å². The zero-order chi connectivity index (χ0) is 7.66. The van der Waals surface area contributed by atoms with Crippen LogP contribution < -0.4 is 0 Å². The first kappa shape index (κ1) is 5.64. The summed E-state index contributed by atoms with van der Waals surface area (Å²) in [5, 5.41) is 0. The second kappa shape index (κ2) is 1.21. The van der Waals surface area contributed by atoms with Crippen LogP contribution in [0.15, 0.2) is 0 Å². The van der Waals surface area contributed by atoms with Crippen LogP contribution in [0, 0.1) is 41.4 Å². The van der Waals surface area contributed by atoms with Crippen molar-refractivity contribution < 1.29 is 4.74 Å². The topological polar surface area (TPSA) is 9.23 Å². The van der Waals surface area contributed by atoms with Crippen molar-refractivity contribution >= 4 is 0 Å². The molecule has 6 fully saturated rings. The highest BCUT2D eigenvalue weighted by molar-refractivity contribution is 5.44. The zero-order valence-electron chi connectivity index (χ0n) is 7.36. The summed E-state index contributed by atoms with van der Waals surface area (Å²) >= 11 is 0. The highest BCUT2D eigenvalue weighted by atomic mass is 16.5. The summed E-state index contributed by atoms with van der Waals surface area (Å²) in [6.07, 6.45) is 1.46. The van der Waals surface area contributed by atoms with E-state index in [1.165, 1.54) is 18.3 Å². The summed E-state index contributed by atoms with van der Waals surface area (Å²) in [4.78, 5) is 0. The van der Waals surface area contributed by atoms with E-state index in [-0.39, 0.29) is 0 Å². The van der Waals surface area contributed by atoms with Gasteiger partial charge in [0, 0.05) is 6.61 Å². The molecule has 0 aromatic carbocycles. The molecule has 6 aliphatic carbocycles. The van der Waals surface area contributed by atoms with E-state index in [2.05, 4.69) is 6.92 Å². The van der Waals surface area contributed by atoms with Crippen LogP contribution in [0.3, 0.4) is 0 Å². The van der Waals surface area contributed by atoms with Crippen molar-refractivity contribution in [2.75, 3.05) is 6.61 Å². The predicted molar refractivity (Wildman–Crippen MR) is 43.4 cm³/mol. The SMILES string of the molecule is CCOC12CC3C4C5C3C1C5C42. The fourth-order valence-electron chi connectivity index (χ4n) is 6.23. The zero-order valence-corrected chi connectivity index (χ0v) is 7.36. The molecular weight excluding hydrogens is 148 g/mol. The lowest BCUT2D eigenvalue weighted by Gasteiger charge is -2.86. The molecule has 0 aromatic heterocycles. The maximum Gasteiger partial charge on any atom is 0.0752 e. The van der Waals surface area contributed by atoms with E-state index >= 15 is 0 Å². The van der Waals surface area contributed by atoms with Gasteiger partial charge >= 0.3 is 0 Å². The molecule has 64 valence electrons. The molecule has 6 saturated carbocycles. The highest BCUT2D eigenvalue weighted by Gasteiger charge is 2.96. The molecule has 0 heterocycles. The van der Waals surface area contributed by atoms with E-state index in [1.807, 2.05) is 0 Å². The van der Waals surface area contributed by atoms with Crippen LogP contribution in [0.1, 0.15) is 13.3 Å². The van der Waals surface area contributed by atoms with Crippen LogP contribution in [0.25, 0.3) is 0 Å². The van der Waals surface area contributed by atoms with Crippen molar-refractivity contribution in [2.24, 2.45) is 41.4 Å². The molecule has 0 spiro atoms. The Balaban J connectivity index is 1.67. The van der Waals surface area contributed by atoms with Gasteiger partial charge in [-0.3, -0.25) is 0 Å². The molecular formula is C11H14O. The van der Waals surface area contributed by atoms with E-state index in [9.17, 15) is 0 Å². The Labute approximate surface area is 72.5 Å². The minimum Gasteiger partial charge on any atom is -0.375 e. The van der Waals surface area contributed by atoms with Crippen molar-refractivity contribution in [1.82, 2.24) is 0 Å². The largest absolute Gasteiger partial charge is 0.375 e. The number of rotatable bonds is 2. The molecule has 0 aromatic rings. The quantitative estimate of drug-likeness (QED) is 0.598. The third-order valence-electron chi connectivity index (χ3n) is 6.08. The second-order valence-electron chi connectivity index (χ2n) is 5.62. The molecule has 0 N–H and O–H groups in total. The normalized spacial score (nSPS) is 83.2. The van der Waals surface area contributed by atoms with E-state index in [0.717, 1.165) is 36.2 Å². The third kappa shape index (κ3) is 0.246. The van der Waals surface area contributed by atoms with Crippen molar-refractivity contribution in [1.29, 1.82) is 0 Å². The average molecular weight is 162 g/mol. The van der Waals surface area contributed by atoms with Gasteiger partial charge in [0.2, 0.25) is 0 Å². The van der Waals surface area contributed by atoms with Gasteiger partial charge in [0.15, 0.2) is 0 Å². The number of hydrogen-bond acceptors (Lipinski definition) is 1. The van der Waals surface area contributed by atoms with Crippen LogP contribution in [-0.2, 0) is 4.74 Å². The van der Waals surface area contributed by atoms with Crippen LogP contribution in [0.2, 0.25) is 0 Å². The van der Waals surface area contributed by atoms with Crippen LogP contribution in [-0.4, -0.2) is 12.2 Å². The third-order valence-corrected chi connectivity index (χ3v) is 6.08. The molecule has 0 aliphatic heterocycles. The lowest BCUT2D eigenvalue weighted by molar-refractivity contribution is -0.430. The fraction of sp³-hybridized carbons (Fsp3) is 1.00. The van der Waals surface area contributed by atoms with Gasteiger partial charge in [0.1, 0.15) is 0 Å². The number of ether oxygens (including phenoxy) is 1. The molecule has 6 aliphatic rings. The Kier molecular flexibility index (Phi) is 0.569. The van der Waals surface area contributed by atoms with E-state index < -0.39 is 0 Å². The maximum atomic E-state index is 6.06. The molecule has 4 atom stereocenters. The summed E-state index contributed by atoms with van der Waals surface area (Å²) in [7, 11) is 0. The summed E-state index contributed by atoms with van der Waals surface area (Å²) < 4.78 is 6.06. The van der Waals surface area contributed by atoms with Crippen molar-refractivity contribution in [3.63, 3.8) is 0 Å². The second-order valence-corrected chi connectivity index (χ2v) is 5.62. The standard InChI is InChI=1S/C11H14O/c1-2-12-11-3-4-5-7-6(4)10(11)8(7)9(5)11/h4-10H,2-3H2,1H3. The van der Waals surface area contributed by atoms with Gasteiger partial charge in [0.25, 0.3) is 0 Å². The molecule has 0 saturated heterocycles. The van der Waals surface area contributed by atoms with Gasteiger partial charge in [-0.05, 0) is 54.8 Å². The van der Waals surface area contributed by atoms with E-state index in [1.54, 1.807) is 0 Å². The summed E-state index contributed by atoms with van der Waals surface area (Å²) in [5.41, 5.74) is 0.466. The van der Waals surface area contributed by atoms with Gasteiger partial charge in [-0.1, -0.05) is 0 Å². The Morgan fingerprint density at radius 2 is 1.92 bits per heavy atom. The molecule has 12 heavy (non-hydrogen) atoms. The van der Waals surface area contributed by atoms with Gasteiger partial charge in [-0.15, -0.1) is 0 Å². The highest BCUT2D eigenvalue weighted by Crippen LogP contribution is 2.96. The summed E-state index contributed by atoms with van der Waals surface area (Å²) in [6.45, 7) is 3.12. The minimum atomic E-state index is 0.466. The Morgan fingerprint density at radius 3 is 2.50 bits per heavy atom. The van der Waals surface area contributed by atoms with Gasteiger partial charge in [-0.25, -0.2) is 0 Å². The molecule has 2 bridgehead atoms. The Morgan fingerprint density at radius 1 is 1.17 bits per heavy atom. The minimum absolute atomic E-state index is 0.466. The molecule has 0 amide bonds. The lowest BCUT2D eigenvalue weighted by atomic mass is 9.19. The molecule has 1 nitrogen and oxygen atoms in total. The summed E-state index contributed by atoms with van der Waals surface area (Å²) in [5.74, 6) is 7.98. The monoisotopic (exact) mass is 162 g/mol. The smallest absolute Gasteiger partial charge is 0.0752 e. The Hall–Kier alpha value is -0.0400. The first-order valence-corrected chi connectivity index (χ1v) is 5.54. The van der Waals surface area contributed by atoms with Gasteiger partial charge in [0.05, 0.1) is 5.60 Å². The van der Waals surface area contributed by atoms with Crippen molar-refractivity contribution in [3.05, 3.63) is 0 Å². The first-order valence-electron chi connectivity index (χ1n) is 5.54. The van der Waals surface area contributed by atoms with Crippen LogP contribution in [0.5, 0.6) is 0 Å². The van der Waals surface area contributed by atoms with Crippen LogP contribution in [0.4, 0.5) is 0 Å². The lowest BCUT2D eigenvalue weighted by Crippen LogP contribution is -2.87. The predicted octanol–water partition coefficient (Wildman–Crippen LogP) is 1.53. The molecule has 4 unspecified atom stereocenters. The van der Waals surface area contributed by atoms with Gasteiger partial charge in [-0.2, -0.15) is 0 Å². The van der Waals surface area contributed by atoms with Crippen molar-refractivity contribution in [2.45, 2.75) is 18.9 Å². The number of hydrogen-bond donors (Lipinski definition) is 0. The Bertz CT molecular complexity index is 277. The van der Waals surface area contributed by atoms with Gasteiger partial charge < -0.3 is 4.74 Å².